The number of benzene rings is 2. The van der Waals surface area contributed by atoms with Crippen molar-refractivity contribution in [2.75, 3.05) is 6.61 Å². The van der Waals surface area contributed by atoms with Gasteiger partial charge < -0.3 is 18.6 Å². The van der Waals surface area contributed by atoms with Crippen molar-refractivity contribution in [2.24, 2.45) is 0 Å². The van der Waals surface area contributed by atoms with Gasteiger partial charge in [0.25, 0.3) is 8.32 Å². The number of carbonyl (C=O) groups is 2. The van der Waals surface area contributed by atoms with Crippen LogP contribution in [-0.4, -0.2) is 56.7 Å². The smallest absolute Gasteiger partial charge is 0.261 e. The molecule has 2 aliphatic heterocycles. The molecule has 182 valence electrons. The molecule has 0 amide bonds. The number of rotatable bonds is 7. The zero-order chi connectivity index (χ0) is 24.7. The predicted molar refractivity (Wildman–Crippen MR) is 132 cm³/mol. The Kier molecular flexibility index (Phi) is 6.70. The number of ketones is 2. The van der Waals surface area contributed by atoms with Gasteiger partial charge in [-0.3, -0.25) is 9.59 Å². The summed E-state index contributed by atoms with van der Waals surface area (Å²) < 4.78 is 25.2. The molecule has 2 aromatic rings. The molecule has 2 saturated heterocycles. The zero-order valence-corrected chi connectivity index (χ0v) is 21.7. The van der Waals surface area contributed by atoms with Crippen LogP contribution in [0, 0.1) is 0 Å². The number of carbonyl (C=O) groups excluding carboxylic acids is 2. The molecule has 2 aliphatic rings. The van der Waals surface area contributed by atoms with E-state index in [1.165, 1.54) is 6.92 Å². The summed E-state index contributed by atoms with van der Waals surface area (Å²) in [5, 5.41) is 2.11. The van der Waals surface area contributed by atoms with Gasteiger partial charge in [-0.1, -0.05) is 81.4 Å². The molecule has 0 N–H and O–H groups in total. The van der Waals surface area contributed by atoms with Crippen LogP contribution in [0.5, 0.6) is 0 Å². The Morgan fingerprint density at radius 3 is 1.88 bits per heavy atom. The van der Waals surface area contributed by atoms with Gasteiger partial charge in [-0.05, 0) is 29.3 Å². The standard InChI is InChI=1S/C27H34O6Si/c1-18(28)22(29)24-25-23(32-27(5,6)33-25)21(31-24)17-30-34(26(2,3)4,19-13-9-7-10-14-19)20-15-11-8-12-16-20/h7-16,21,23-25H,17H2,1-6H3/t21-,23-,24?,25-/m1/s1. The molecular formula is C27H34O6Si. The molecule has 0 bridgehead atoms. The third kappa shape index (κ3) is 4.43. The molecule has 0 aliphatic carbocycles. The summed E-state index contributed by atoms with van der Waals surface area (Å²) in [4.78, 5) is 24.5. The van der Waals surface area contributed by atoms with Crippen molar-refractivity contribution in [3.63, 3.8) is 0 Å². The predicted octanol–water partition coefficient (Wildman–Crippen LogP) is 3.01. The minimum Gasteiger partial charge on any atom is -0.405 e. The minimum absolute atomic E-state index is 0.200. The third-order valence-electron chi connectivity index (χ3n) is 6.64. The number of hydrogen-bond acceptors (Lipinski definition) is 6. The first kappa shape index (κ1) is 24.9. The first-order valence-corrected chi connectivity index (χ1v) is 13.7. The highest BCUT2D eigenvalue weighted by atomic mass is 28.4. The molecule has 34 heavy (non-hydrogen) atoms. The van der Waals surface area contributed by atoms with Crippen LogP contribution in [0.2, 0.25) is 5.04 Å². The average molecular weight is 483 g/mol. The maximum atomic E-state index is 12.6. The van der Waals surface area contributed by atoms with Gasteiger partial charge in [-0.15, -0.1) is 0 Å². The minimum atomic E-state index is -2.80. The fourth-order valence-electron chi connectivity index (χ4n) is 5.20. The van der Waals surface area contributed by atoms with Crippen LogP contribution in [0.1, 0.15) is 41.5 Å². The molecule has 0 saturated carbocycles. The van der Waals surface area contributed by atoms with Gasteiger partial charge in [-0.2, -0.15) is 0 Å². The Balaban J connectivity index is 1.71. The molecule has 0 aromatic heterocycles. The average Bonchev–Trinajstić information content (AvgIpc) is 3.27. The lowest BCUT2D eigenvalue weighted by atomic mass is 10.0. The van der Waals surface area contributed by atoms with E-state index in [9.17, 15) is 9.59 Å². The van der Waals surface area contributed by atoms with Crippen molar-refractivity contribution in [3.8, 4) is 0 Å². The summed E-state index contributed by atoms with van der Waals surface area (Å²) in [7, 11) is -2.80. The van der Waals surface area contributed by atoms with Crippen molar-refractivity contribution in [2.45, 2.75) is 76.8 Å². The lowest BCUT2D eigenvalue weighted by Gasteiger charge is -2.43. The highest BCUT2D eigenvalue weighted by Crippen LogP contribution is 2.41. The summed E-state index contributed by atoms with van der Waals surface area (Å²) in [5.74, 6) is -2.01. The van der Waals surface area contributed by atoms with Gasteiger partial charge in [0, 0.05) is 6.92 Å². The van der Waals surface area contributed by atoms with Crippen molar-refractivity contribution < 1.29 is 28.2 Å². The van der Waals surface area contributed by atoms with Crippen LogP contribution in [0.4, 0.5) is 0 Å². The molecule has 6 nitrogen and oxygen atoms in total. The van der Waals surface area contributed by atoms with Gasteiger partial charge in [0.05, 0.1) is 6.61 Å². The maximum absolute atomic E-state index is 12.6. The van der Waals surface area contributed by atoms with Gasteiger partial charge in [0.15, 0.2) is 17.7 Å². The quantitative estimate of drug-likeness (QED) is 0.446. The topological polar surface area (TPSA) is 71.1 Å². The number of ether oxygens (including phenoxy) is 3. The summed E-state index contributed by atoms with van der Waals surface area (Å²) in [6, 6.07) is 20.7. The summed E-state index contributed by atoms with van der Waals surface area (Å²) in [6.45, 7) is 11.7. The first-order valence-electron chi connectivity index (χ1n) is 11.8. The number of Topliss-reactive ketones (excluding diaryl/α,β-unsaturated/α-hetero) is 2. The monoisotopic (exact) mass is 482 g/mol. The fourth-order valence-corrected chi connectivity index (χ4v) is 9.77. The second-order valence-electron chi connectivity index (χ2n) is 10.6. The zero-order valence-electron chi connectivity index (χ0n) is 20.7. The Bertz CT molecular complexity index is 991. The Hall–Kier alpha value is -2.16. The highest BCUT2D eigenvalue weighted by molar-refractivity contribution is 6.99. The number of hydrogen-bond donors (Lipinski definition) is 0. The Morgan fingerprint density at radius 1 is 0.912 bits per heavy atom. The van der Waals surface area contributed by atoms with E-state index in [0.29, 0.717) is 0 Å². The Labute approximate surface area is 202 Å². The van der Waals surface area contributed by atoms with Crippen molar-refractivity contribution in [1.82, 2.24) is 0 Å². The molecule has 2 fully saturated rings. The van der Waals surface area contributed by atoms with Gasteiger partial charge in [-0.25, -0.2) is 0 Å². The van der Waals surface area contributed by atoms with Crippen LogP contribution in [0.25, 0.3) is 0 Å². The lowest BCUT2D eigenvalue weighted by Crippen LogP contribution is -2.67. The highest BCUT2D eigenvalue weighted by Gasteiger charge is 2.59. The van der Waals surface area contributed by atoms with Crippen molar-refractivity contribution in [3.05, 3.63) is 60.7 Å². The molecule has 0 radical (unpaired) electrons. The van der Waals surface area contributed by atoms with E-state index in [4.69, 9.17) is 18.6 Å². The molecule has 2 aromatic carbocycles. The fraction of sp³-hybridized carbons (Fsp3) is 0.481. The largest absolute Gasteiger partial charge is 0.405 e. The molecule has 4 atom stereocenters. The third-order valence-corrected chi connectivity index (χ3v) is 11.6. The van der Waals surface area contributed by atoms with Crippen LogP contribution >= 0.6 is 0 Å². The molecule has 2 heterocycles. The van der Waals surface area contributed by atoms with Gasteiger partial charge >= 0.3 is 0 Å². The van der Waals surface area contributed by atoms with E-state index in [-0.39, 0.29) is 11.6 Å². The van der Waals surface area contributed by atoms with Crippen LogP contribution in [0.15, 0.2) is 60.7 Å². The van der Waals surface area contributed by atoms with E-state index in [0.717, 1.165) is 10.4 Å². The lowest BCUT2D eigenvalue weighted by molar-refractivity contribution is -0.191. The van der Waals surface area contributed by atoms with Crippen molar-refractivity contribution >= 4 is 30.3 Å². The molecule has 0 spiro atoms. The summed E-state index contributed by atoms with van der Waals surface area (Å²) >= 11 is 0. The van der Waals surface area contributed by atoms with E-state index in [1.54, 1.807) is 13.8 Å². The van der Waals surface area contributed by atoms with E-state index in [1.807, 2.05) is 36.4 Å². The Morgan fingerprint density at radius 2 is 1.41 bits per heavy atom. The first-order chi connectivity index (χ1) is 16.0. The molecule has 1 unspecified atom stereocenters. The second kappa shape index (κ2) is 9.13. The van der Waals surface area contributed by atoms with Crippen molar-refractivity contribution in [1.29, 1.82) is 0 Å². The van der Waals surface area contributed by atoms with Crippen LogP contribution in [0.3, 0.4) is 0 Å². The van der Waals surface area contributed by atoms with Gasteiger partial charge in [0.1, 0.15) is 18.3 Å². The maximum Gasteiger partial charge on any atom is 0.261 e. The second-order valence-corrected chi connectivity index (χ2v) is 14.9. The normalized spacial score (nSPS) is 26.3. The molecule has 4 rings (SSSR count). The summed E-state index contributed by atoms with van der Waals surface area (Å²) in [5.41, 5.74) is 0. The molecule has 7 heteroatoms. The van der Waals surface area contributed by atoms with E-state index >= 15 is 0 Å². The number of fused-ring (bicyclic) bond motifs is 1. The van der Waals surface area contributed by atoms with Crippen LogP contribution < -0.4 is 10.4 Å². The summed E-state index contributed by atoms with van der Waals surface area (Å²) in [6.07, 6.45) is -2.67. The van der Waals surface area contributed by atoms with Gasteiger partial charge in [0.2, 0.25) is 5.78 Å². The van der Waals surface area contributed by atoms with E-state index in [2.05, 4.69) is 45.0 Å². The van der Waals surface area contributed by atoms with E-state index < -0.39 is 50.1 Å². The SMILES string of the molecule is CC(=O)C(=O)C1O[C@H](CO[Si](c2ccccc2)(c2ccccc2)C(C)(C)C)[C@H]2OC(C)(C)O[C@@H]12. The molecular weight excluding hydrogens is 448 g/mol. The van der Waals surface area contributed by atoms with Crippen LogP contribution in [-0.2, 0) is 28.2 Å².